The monoisotopic (exact) mass is 344 g/mol. The lowest BCUT2D eigenvalue weighted by molar-refractivity contribution is -0.393. The summed E-state index contributed by atoms with van der Waals surface area (Å²) in [6.45, 7) is 2.66. The standard InChI is InChI=1S/C16H16N4O5/c1-2-9-25-14-6-3-12(4-7-14)11-17-18-15-8-5-13(19(21)22)10-16(15)20(23)24/h3-8,10-11,18H,2,9H2,1H3/b17-11-. The average Bonchev–Trinajstić information content (AvgIpc) is 2.61. The summed E-state index contributed by atoms with van der Waals surface area (Å²) in [5, 5.41) is 25.7. The Labute approximate surface area is 143 Å². The Morgan fingerprint density at radius 1 is 1.12 bits per heavy atom. The Morgan fingerprint density at radius 3 is 2.44 bits per heavy atom. The summed E-state index contributed by atoms with van der Waals surface area (Å²) in [7, 11) is 0. The van der Waals surface area contributed by atoms with Gasteiger partial charge in [-0.15, -0.1) is 0 Å². The van der Waals surface area contributed by atoms with E-state index >= 15 is 0 Å². The molecular weight excluding hydrogens is 328 g/mol. The van der Waals surface area contributed by atoms with Crippen LogP contribution in [0.1, 0.15) is 18.9 Å². The van der Waals surface area contributed by atoms with Crippen molar-refractivity contribution in [3.05, 3.63) is 68.3 Å². The van der Waals surface area contributed by atoms with Gasteiger partial charge in [-0.05, 0) is 42.3 Å². The van der Waals surface area contributed by atoms with Gasteiger partial charge in [0.2, 0.25) is 0 Å². The Bertz CT molecular complexity index is 790. The van der Waals surface area contributed by atoms with Crippen molar-refractivity contribution >= 4 is 23.3 Å². The first-order valence-electron chi connectivity index (χ1n) is 7.46. The minimum Gasteiger partial charge on any atom is -0.494 e. The molecule has 2 aromatic rings. The molecule has 130 valence electrons. The van der Waals surface area contributed by atoms with Crippen molar-refractivity contribution in [3.63, 3.8) is 0 Å². The minimum atomic E-state index is -0.704. The van der Waals surface area contributed by atoms with Gasteiger partial charge in [0.1, 0.15) is 11.4 Å². The number of hydrogen-bond acceptors (Lipinski definition) is 7. The van der Waals surface area contributed by atoms with E-state index in [0.29, 0.717) is 6.61 Å². The number of hydrazone groups is 1. The molecule has 9 nitrogen and oxygen atoms in total. The molecule has 9 heteroatoms. The topological polar surface area (TPSA) is 120 Å². The first-order chi connectivity index (χ1) is 12.0. The second kappa shape index (κ2) is 8.39. The van der Waals surface area contributed by atoms with Crippen LogP contribution in [-0.2, 0) is 0 Å². The third-order valence-corrected chi connectivity index (χ3v) is 3.14. The number of nitro benzene ring substituents is 2. The molecule has 0 aliphatic heterocycles. The number of hydrogen-bond donors (Lipinski definition) is 1. The number of non-ortho nitro benzene ring substituents is 1. The van der Waals surface area contributed by atoms with Gasteiger partial charge in [-0.3, -0.25) is 25.7 Å². The van der Waals surface area contributed by atoms with Gasteiger partial charge in [-0.25, -0.2) is 0 Å². The summed E-state index contributed by atoms with van der Waals surface area (Å²) in [5.41, 5.74) is 2.58. The Kier molecular flexibility index (Phi) is 5.99. The maximum absolute atomic E-state index is 11.0. The second-order valence-corrected chi connectivity index (χ2v) is 5.00. The summed E-state index contributed by atoms with van der Waals surface area (Å²) in [6.07, 6.45) is 2.40. The lowest BCUT2D eigenvalue weighted by atomic mass is 10.2. The van der Waals surface area contributed by atoms with Crippen molar-refractivity contribution < 1.29 is 14.6 Å². The van der Waals surface area contributed by atoms with Gasteiger partial charge in [0, 0.05) is 6.07 Å². The van der Waals surface area contributed by atoms with E-state index in [9.17, 15) is 20.2 Å². The van der Waals surface area contributed by atoms with Crippen LogP contribution < -0.4 is 10.2 Å². The van der Waals surface area contributed by atoms with Crippen LogP contribution in [0.5, 0.6) is 5.75 Å². The Hall–Kier alpha value is -3.49. The van der Waals surface area contributed by atoms with Gasteiger partial charge in [-0.1, -0.05) is 6.92 Å². The number of anilines is 1. The van der Waals surface area contributed by atoms with Crippen LogP contribution >= 0.6 is 0 Å². The Morgan fingerprint density at radius 2 is 1.84 bits per heavy atom. The van der Waals surface area contributed by atoms with Gasteiger partial charge in [-0.2, -0.15) is 5.10 Å². The molecule has 0 heterocycles. The highest BCUT2D eigenvalue weighted by Gasteiger charge is 2.18. The summed E-state index contributed by atoms with van der Waals surface area (Å²) in [6, 6.07) is 10.5. The van der Waals surface area contributed by atoms with Crippen molar-refractivity contribution in [3.8, 4) is 5.75 Å². The first kappa shape index (κ1) is 17.9. The molecule has 0 aliphatic carbocycles. The van der Waals surface area contributed by atoms with Crippen LogP contribution in [0.3, 0.4) is 0 Å². The highest BCUT2D eigenvalue weighted by atomic mass is 16.6. The molecule has 0 saturated carbocycles. The SMILES string of the molecule is CCCOc1ccc(/C=N\Nc2ccc([N+](=O)[O-])cc2[N+](=O)[O-])cc1. The van der Waals surface area contributed by atoms with E-state index in [4.69, 9.17) is 4.74 Å². The lowest BCUT2D eigenvalue weighted by Gasteiger charge is -2.04. The molecule has 0 aromatic heterocycles. The number of nitrogens with one attached hydrogen (secondary N) is 1. The molecular formula is C16H16N4O5. The van der Waals surface area contributed by atoms with Crippen LogP contribution in [0.15, 0.2) is 47.6 Å². The number of ether oxygens (including phenoxy) is 1. The third-order valence-electron chi connectivity index (χ3n) is 3.14. The number of benzene rings is 2. The third kappa shape index (κ3) is 4.99. The summed E-state index contributed by atoms with van der Waals surface area (Å²) in [4.78, 5) is 20.3. The van der Waals surface area contributed by atoms with Crippen molar-refractivity contribution in [1.29, 1.82) is 0 Å². The van der Waals surface area contributed by atoms with Crippen molar-refractivity contribution in [2.45, 2.75) is 13.3 Å². The van der Waals surface area contributed by atoms with E-state index in [2.05, 4.69) is 10.5 Å². The van der Waals surface area contributed by atoms with Crippen LogP contribution in [0, 0.1) is 20.2 Å². The molecule has 1 N–H and O–H groups in total. The highest BCUT2D eigenvalue weighted by Crippen LogP contribution is 2.28. The highest BCUT2D eigenvalue weighted by molar-refractivity contribution is 5.80. The van der Waals surface area contributed by atoms with Gasteiger partial charge >= 0.3 is 5.69 Å². The normalized spacial score (nSPS) is 10.6. The predicted octanol–water partition coefficient (Wildman–Crippen LogP) is 3.74. The molecule has 0 saturated heterocycles. The molecule has 0 amide bonds. The molecule has 0 aliphatic rings. The zero-order valence-electron chi connectivity index (χ0n) is 13.4. The van der Waals surface area contributed by atoms with Crippen LogP contribution in [-0.4, -0.2) is 22.7 Å². The maximum Gasteiger partial charge on any atom is 0.301 e. The van der Waals surface area contributed by atoms with E-state index in [1.54, 1.807) is 24.3 Å². The molecule has 0 spiro atoms. The average molecular weight is 344 g/mol. The number of rotatable bonds is 8. The van der Waals surface area contributed by atoms with Gasteiger partial charge < -0.3 is 4.74 Å². The zero-order chi connectivity index (χ0) is 18.2. The molecule has 2 rings (SSSR count). The molecule has 25 heavy (non-hydrogen) atoms. The fraction of sp³-hybridized carbons (Fsp3) is 0.188. The van der Waals surface area contributed by atoms with E-state index in [1.807, 2.05) is 6.92 Å². The van der Waals surface area contributed by atoms with Gasteiger partial charge in [0.05, 0.1) is 28.7 Å². The molecule has 0 fully saturated rings. The van der Waals surface area contributed by atoms with E-state index in [1.165, 1.54) is 18.3 Å². The van der Waals surface area contributed by atoms with E-state index in [0.717, 1.165) is 23.8 Å². The number of nitro groups is 2. The quantitative estimate of drug-likeness (QED) is 0.442. The van der Waals surface area contributed by atoms with Crippen molar-refractivity contribution in [1.82, 2.24) is 0 Å². The van der Waals surface area contributed by atoms with Crippen LogP contribution in [0.4, 0.5) is 17.1 Å². The fourth-order valence-electron chi connectivity index (χ4n) is 1.93. The van der Waals surface area contributed by atoms with E-state index < -0.39 is 15.5 Å². The van der Waals surface area contributed by atoms with Gasteiger partial charge in [0.25, 0.3) is 5.69 Å². The second-order valence-electron chi connectivity index (χ2n) is 5.00. The zero-order valence-corrected chi connectivity index (χ0v) is 13.4. The minimum absolute atomic E-state index is 0.0646. The van der Waals surface area contributed by atoms with Crippen molar-refractivity contribution in [2.24, 2.45) is 5.10 Å². The van der Waals surface area contributed by atoms with Crippen LogP contribution in [0.2, 0.25) is 0 Å². The molecule has 0 bridgehead atoms. The lowest BCUT2D eigenvalue weighted by Crippen LogP contribution is -1.99. The maximum atomic E-state index is 11.0. The van der Waals surface area contributed by atoms with Crippen LogP contribution in [0.25, 0.3) is 0 Å². The summed E-state index contributed by atoms with van der Waals surface area (Å²) >= 11 is 0. The molecule has 0 atom stereocenters. The smallest absolute Gasteiger partial charge is 0.301 e. The summed E-state index contributed by atoms with van der Waals surface area (Å²) in [5.74, 6) is 0.748. The fourth-order valence-corrected chi connectivity index (χ4v) is 1.93. The summed E-state index contributed by atoms with van der Waals surface area (Å²) < 4.78 is 5.47. The number of nitrogens with zero attached hydrogens (tertiary/aromatic N) is 3. The molecule has 2 aromatic carbocycles. The molecule has 0 unspecified atom stereocenters. The van der Waals surface area contributed by atoms with E-state index in [-0.39, 0.29) is 11.4 Å². The first-order valence-corrected chi connectivity index (χ1v) is 7.46. The predicted molar refractivity (Wildman–Crippen MR) is 93.2 cm³/mol. The van der Waals surface area contributed by atoms with Crippen molar-refractivity contribution in [2.75, 3.05) is 12.0 Å². The van der Waals surface area contributed by atoms with Gasteiger partial charge in [0.15, 0.2) is 0 Å². The molecule has 0 radical (unpaired) electrons. The largest absolute Gasteiger partial charge is 0.494 e. The Balaban J connectivity index is 2.08.